The van der Waals surface area contributed by atoms with E-state index >= 15 is 0 Å². The number of rotatable bonds is 8. The van der Waals surface area contributed by atoms with Crippen LogP contribution in [0.15, 0.2) is 33.3 Å². The quantitative estimate of drug-likeness (QED) is 0.162. The molecule has 0 bridgehead atoms. The van der Waals surface area contributed by atoms with Crippen LogP contribution in [0.4, 0.5) is 10.8 Å². The second-order valence-corrected chi connectivity index (χ2v) is 13.4. The highest BCUT2D eigenvalue weighted by atomic mass is 32.1. The van der Waals surface area contributed by atoms with Gasteiger partial charge in [0, 0.05) is 22.5 Å². The van der Waals surface area contributed by atoms with E-state index in [1.807, 2.05) is 0 Å². The fraction of sp³-hybridized carbons (Fsp3) is 0.484. The van der Waals surface area contributed by atoms with E-state index < -0.39 is 5.41 Å². The highest BCUT2D eigenvalue weighted by Crippen LogP contribution is 2.55. The average molecular weight is 641 g/mol. The first kappa shape index (κ1) is 30.0. The number of thiophene rings is 1. The van der Waals surface area contributed by atoms with Crippen LogP contribution in [0.25, 0.3) is 11.5 Å². The van der Waals surface area contributed by atoms with Gasteiger partial charge in [-0.25, -0.2) is 19.6 Å². The summed E-state index contributed by atoms with van der Waals surface area (Å²) in [6.45, 7) is 3.40. The molecule has 0 amide bonds. The van der Waals surface area contributed by atoms with Gasteiger partial charge in [-0.15, -0.1) is 11.3 Å². The molecule has 3 atom stereocenters. The third-order valence-electron chi connectivity index (χ3n) is 9.49. The Morgan fingerprint density at radius 2 is 2.15 bits per heavy atom. The van der Waals surface area contributed by atoms with E-state index in [9.17, 15) is 5.26 Å². The van der Waals surface area contributed by atoms with Gasteiger partial charge in [-0.3, -0.25) is 4.90 Å². The summed E-state index contributed by atoms with van der Waals surface area (Å²) in [6, 6.07) is 4.37. The Hall–Kier alpha value is -4.68. The number of hydrazone groups is 1. The topological polar surface area (TPSA) is 196 Å². The number of nitriles is 1. The first-order valence-corrected chi connectivity index (χ1v) is 16.4. The van der Waals surface area contributed by atoms with Gasteiger partial charge in [-0.05, 0) is 77.4 Å². The number of hydrogen-bond acceptors (Lipinski definition) is 14. The van der Waals surface area contributed by atoms with E-state index in [2.05, 4.69) is 50.3 Å². The van der Waals surface area contributed by atoms with E-state index in [0.717, 1.165) is 74.8 Å². The van der Waals surface area contributed by atoms with Crippen molar-refractivity contribution in [2.75, 3.05) is 19.3 Å². The number of ether oxygens (including phenoxy) is 1. The lowest BCUT2D eigenvalue weighted by atomic mass is 9.63. The molecule has 1 spiro atoms. The van der Waals surface area contributed by atoms with Crippen LogP contribution < -0.4 is 16.3 Å². The van der Waals surface area contributed by atoms with Gasteiger partial charge in [0.05, 0.1) is 29.4 Å². The van der Waals surface area contributed by atoms with Crippen molar-refractivity contribution in [3.8, 4) is 23.5 Å². The summed E-state index contributed by atoms with van der Waals surface area (Å²) in [6.07, 6.45) is 11.9. The third-order valence-corrected chi connectivity index (χ3v) is 10.6. The SMILES string of the molecule is C[C@H](Oc1cc(N=CC(Cn2cncn2)=NN)nc(-c2noc3c2CCC[C@@]32CCCc3sc(N)c(C#N)c32)n1)[C@@H]1CCCN1C. The van der Waals surface area contributed by atoms with Crippen molar-refractivity contribution >= 4 is 34.1 Å². The van der Waals surface area contributed by atoms with E-state index in [0.29, 0.717) is 46.0 Å². The highest BCUT2D eigenvalue weighted by Gasteiger charge is 2.48. The fourth-order valence-corrected chi connectivity index (χ4v) is 8.56. The van der Waals surface area contributed by atoms with Gasteiger partial charge in [-0.2, -0.15) is 20.4 Å². The number of nitrogens with two attached hydrogens (primary N) is 2. The molecule has 4 aromatic rings. The molecular formula is C31H36N12O2S. The zero-order valence-corrected chi connectivity index (χ0v) is 26.7. The van der Waals surface area contributed by atoms with Crippen LogP contribution in [0.5, 0.6) is 5.88 Å². The molecule has 238 valence electrons. The minimum absolute atomic E-state index is 0.107. The molecule has 4 N–H and O–H groups in total. The molecule has 15 heteroatoms. The van der Waals surface area contributed by atoms with E-state index in [1.165, 1.54) is 22.5 Å². The number of nitrogens with zero attached hydrogens (tertiary/aromatic N) is 10. The molecular weight excluding hydrogens is 604 g/mol. The van der Waals surface area contributed by atoms with Crippen LogP contribution in [0.1, 0.15) is 72.8 Å². The zero-order chi connectivity index (χ0) is 31.8. The van der Waals surface area contributed by atoms with Crippen molar-refractivity contribution in [1.82, 2.24) is 34.8 Å². The Morgan fingerprint density at radius 1 is 1.30 bits per heavy atom. The van der Waals surface area contributed by atoms with E-state index in [4.69, 9.17) is 30.8 Å². The second-order valence-electron chi connectivity index (χ2n) is 12.3. The van der Waals surface area contributed by atoms with Crippen molar-refractivity contribution in [3.63, 3.8) is 0 Å². The van der Waals surface area contributed by atoms with Gasteiger partial charge in [0.25, 0.3) is 0 Å². The van der Waals surface area contributed by atoms with Gasteiger partial charge in [0.1, 0.15) is 29.8 Å². The number of anilines is 1. The van der Waals surface area contributed by atoms with Crippen LogP contribution in [0.2, 0.25) is 0 Å². The summed E-state index contributed by atoms with van der Waals surface area (Å²) < 4.78 is 14.3. The van der Waals surface area contributed by atoms with Crippen molar-refractivity contribution in [1.29, 1.82) is 5.26 Å². The maximum absolute atomic E-state index is 10.1. The Morgan fingerprint density at radius 3 is 2.89 bits per heavy atom. The average Bonchev–Trinajstić information content (AvgIpc) is 3.86. The van der Waals surface area contributed by atoms with Crippen LogP contribution in [-0.2, 0) is 24.8 Å². The molecule has 0 saturated carbocycles. The molecule has 4 aromatic heterocycles. The summed E-state index contributed by atoms with van der Waals surface area (Å²) in [7, 11) is 2.12. The number of nitrogen functional groups attached to an aromatic ring is 1. The lowest BCUT2D eigenvalue weighted by Gasteiger charge is -2.39. The summed E-state index contributed by atoms with van der Waals surface area (Å²) >= 11 is 1.52. The minimum atomic E-state index is -0.448. The number of aryl methyl sites for hydroxylation is 1. The van der Waals surface area contributed by atoms with Crippen molar-refractivity contribution in [2.24, 2.45) is 15.9 Å². The smallest absolute Gasteiger partial charge is 0.219 e. The maximum Gasteiger partial charge on any atom is 0.219 e. The van der Waals surface area contributed by atoms with Gasteiger partial charge >= 0.3 is 0 Å². The standard InChI is InChI=1S/C31H36N12O2S/c1-18(22-7-5-11-42(22)2)44-25-12-24(36-14-19(40-34)15-43-17-35-16-37-43)38-30(39-25)27-20-6-3-9-31(28(20)45-41-27)10-4-8-23-26(31)21(13-32)29(33)46-23/h12,14,16-18,22H,3-11,15,33-34H2,1-2H3/t18-,22-,31-/m0/s1. The Labute approximate surface area is 270 Å². The van der Waals surface area contributed by atoms with Gasteiger partial charge in [-0.1, -0.05) is 5.16 Å². The molecule has 0 aromatic carbocycles. The van der Waals surface area contributed by atoms with Crippen molar-refractivity contribution in [3.05, 3.63) is 46.0 Å². The number of aromatic nitrogens is 6. The molecule has 5 heterocycles. The largest absolute Gasteiger partial charge is 0.473 e. The van der Waals surface area contributed by atoms with E-state index in [1.54, 1.807) is 23.3 Å². The summed E-state index contributed by atoms with van der Waals surface area (Å²) in [5, 5.41) is 23.2. The predicted octanol–water partition coefficient (Wildman–Crippen LogP) is 3.78. The normalized spacial score (nSPS) is 22.2. The molecule has 14 nitrogen and oxygen atoms in total. The van der Waals surface area contributed by atoms with Crippen molar-refractivity contribution in [2.45, 2.75) is 82.4 Å². The minimum Gasteiger partial charge on any atom is -0.473 e. The molecule has 2 aliphatic carbocycles. The fourth-order valence-electron chi connectivity index (χ4n) is 7.40. The lowest BCUT2D eigenvalue weighted by molar-refractivity contribution is 0.117. The molecule has 7 rings (SSSR count). The zero-order valence-electron chi connectivity index (χ0n) is 25.9. The lowest BCUT2D eigenvalue weighted by Crippen LogP contribution is -2.38. The number of likely N-dealkylation sites (tertiary alicyclic amines) is 1. The van der Waals surface area contributed by atoms with Crippen LogP contribution in [-0.4, -0.2) is 72.5 Å². The molecule has 0 unspecified atom stereocenters. The molecule has 1 fully saturated rings. The number of hydrogen-bond donors (Lipinski definition) is 2. The third kappa shape index (κ3) is 5.31. The summed E-state index contributed by atoms with van der Waals surface area (Å²) in [4.78, 5) is 21.7. The molecule has 1 aliphatic heterocycles. The maximum atomic E-state index is 10.1. The predicted molar refractivity (Wildman–Crippen MR) is 173 cm³/mol. The first-order chi connectivity index (χ1) is 22.4. The number of likely N-dealkylation sites (N-methyl/N-ethyl adjacent to an activating group) is 1. The van der Waals surface area contributed by atoms with Crippen LogP contribution in [0, 0.1) is 11.3 Å². The van der Waals surface area contributed by atoms with Gasteiger partial charge in [0.2, 0.25) is 5.88 Å². The molecule has 1 saturated heterocycles. The molecule has 46 heavy (non-hydrogen) atoms. The van der Waals surface area contributed by atoms with Crippen molar-refractivity contribution < 1.29 is 9.26 Å². The van der Waals surface area contributed by atoms with E-state index in [-0.39, 0.29) is 12.1 Å². The first-order valence-electron chi connectivity index (χ1n) is 15.6. The van der Waals surface area contributed by atoms with Gasteiger partial charge < -0.3 is 20.8 Å². The number of fused-ring (bicyclic) bond motifs is 4. The Balaban J connectivity index is 1.28. The molecule has 3 aliphatic rings. The van der Waals surface area contributed by atoms with Crippen LogP contribution in [0.3, 0.4) is 0 Å². The summed E-state index contributed by atoms with van der Waals surface area (Å²) in [5.41, 5.74) is 9.48. The Bertz CT molecular complexity index is 1830. The highest BCUT2D eigenvalue weighted by molar-refractivity contribution is 7.16. The number of aliphatic imine (C=N–C) groups is 1. The molecule has 0 radical (unpaired) electrons. The monoisotopic (exact) mass is 640 g/mol. The Kier molecular flexibility index (Phi) is 7.99. The van der Waals surface area contributed by atoms with Crippen LogP contribution >= 0.6 is 11.3 Å². The second kappa shape index (κ2) is 12.3. The summed E-state index contributed by atoms with van der Waals surface area (Å²) in [5.74, 6) is 7.58. The van der Waals surface area contributed by atoms with Gasteiger partial charge in [0.15, 0.2) is 23.1 Å².